The standard InChI is InChI=1S/C21H27NO3S/c1-21(2,3)25-20(23)22-18(16-26-19-12-8-5-9-13-19)15-24-14-17-10-6-4-7-11-17/h4-13,18H,14-16H2,1-3H3,(H,22,23). The number of ether oxygens (including phenoxy) is 2. The Hall–Kier alpha value is -1.98. The highest BCUT2D eigenvalue weighted by Gasteiger charge is 2.20. The maximum Gasteiger partial charge on any atom is 0.407 e. The third kappa shape index (κ3) is 8.41. The van der Waals surface area contributed by atoms with Crippen LogP contribution >= 0.6 is 11.8 Å². The molecule has 5 heteroatoms. The van der Waals surface area contributed by atoms with Gasteiger partial charge < -0.3 is 14.8 Å². The molecule has 1 N–H and O–H groups in total. The number of nitrogens with one attached hydrogen (secondary N) is 1. The van der Waals surface area contributed by atoms with Crippen LogP contribution in [0.25, 0.3) is 0 Å². The summed E-state index contributed by atoms with van der Waals surface area (Å²) in [5.74, 6) is 0.706. The average Bonchev–Trinajstić information content (AvgIpc) is 2.60. The number of alkyl carbamates (subject to hydrolysis) is 1. The van der Waals surface area contributed by atoms with Gasteiger partial charge in [-0.1, -0.05) is 48.5 Å². The molecule has 26 heavy (non-hydrogen) atoms. The normalized spacial score (nSPS) is 12.4. The molecule has 1 amide bonds. The number of rotatable bonds is 8. The zero-order chi connectivity index (χ0) is 18.8. The van der Waals surface area contributed by atoms with Crippen molar-refractivity contribution in [3.8, 4) is 0 Å². The Balaban J connectivity index is 1.88. The van der Waals surface area contributed by atoms with E-state index in [0.29, 0.717) is 19.0 Å². The average molecular weight is 374 g/mol. The molecule has 2 rings (SSSR count). The SMILES string of the molecule is CC(C)(C)OC(=O)NC(COCc1ccccc1)CSc1ccccc1. The Labute approximate surface area is 160 Å². The van der Waals surface area contributed by atoms with Crippen molar-refractivity contribution in [2.45, 2.75) is 43.9 Å². The van der Waals surface area contributed by atoms with E-state index in [1.807, 2.05) is 69.3 Å². The smallest absolute Gasteiger partial charge is 0.407 e. The molecule has 0 heterocycles. The van der Waals surface area contributed by atoms with Crippen molar-refractivity contribution in [2.24, 2.45) is 0 Å². The van der Waals surface area contributed by atoms with Crippen LogP contribution in [0.2, 0.25) is 0 Å². The van der Waals surface area contributed by atoms with Crippen LogP contribution < -0.4 is 5.32 Å². The van der Waals surface area contributed by atoms with Gasteiger partial charge in [-0.3, -0.25) is 0 Å². The van der Waals surface area contributed by atoms with E-state index in [-0.39, 0.29) is 6.04 Å². The van der Waals surface area contributed by atoms with E-state index in [0.717, 1.165) is 10.5 Å². The van der Waals surface area contributed by atoms with E-state index in [9.17, 15) is 4.79 Å². The minimum Gasteiger partial charge on any atom is -0.444 e. The lowest BCUT2D eigenvalue weighted by molar-refractivity contribution is 0.0445. The number of thioether (sulfide) groups is 1. The van der Waals surface area contributed by atoms with Gasteiger partial charge in [0.25, 0.3) is 0 Å². The van der Waals surface area contributed by atoms with Crippen LogP contribution in [0.3, 0.4) is 0 Å². The first kappa shape index (κ1) is 20.3. The Morgan fingerprint density at radius 2 is 1.65 bits per heavy atom. The first-order valence-electron chi connectivity index (χ1n) is 8.71. The minimum absolute atomic E-state index is 0.140. The lowest BCUT2D eigenvalue weighted by Crippen LogP contribution is -2.42. The second-order valence-electron chi connectivity index (χ2n) is 6.97. The van der Waals surface area contributed by atoms with Gasteiger partial charge in [-0.25, -0.2) is 4.79 Å². The molecule has 140 valence electrons. The quantitative estimate of drug-likeness (QED) is 0.669. The highest BCUT2D eigenvalue weighted by molar-refractivity contribution is 7.99. The highest BCUT2D eigenvalue weighted by Crippen LogP contribution is 2.18. The van der Waals surface area contributed by atoms with Crippen LogP contribution in [0.5, 0.6) is 0 Å². The molecule has 1 atom stereocenters. The summed E-state index contributed by atoms with van der Waals surface area (Å²) in [6.07, 6.45) is -0.417. The number of amides is 1. The number of benzene rings is 2. The first-order chi connectivity index (χ1) is 12.4. The molecule has 0 aliphatic carbocycles. The largest absolute Gasteiger partial charge is 0.444 e. The number of carbonyl (C=O) groups excluding carboxylic acids is 1. The Morgan fingerprint density at radius 1 is 1.04 bits per heavy atom. The predicted molar refractivity (Wildman–Crippen MR) is 106 cm³/mol. The monoisotopic (exact) mass is 373 g/mol. The summed E-state index contributed by atoms with van der Waals surface area (Å²) >= 11 is 1.68. The summed E-state index contributed by atoms with van der Waals surface area (Å²) in [5, 5.41) is 2.92. The summed E-state index contributed by atoms with van der Waals surface area (Å²) in [7, 11) is 0. The van der Waals surface area contributed by atoms with E-state index >= 15 is 0 Å². The van der Waals surface area contributed by atoms with Crippen LogP contribution in [0.4, 0.5) is 4.79 Å². The van der Waals surface area contributed by atoms with Gasteiger partial charge in [0.2, 0.25) is 0 Å². The second-order valence-corrected chi connectivity index (χ2v) is 8.06. The summed E-state index contributed by atoms with van der Waals surface area (Å²) in [5.41, 5.74) is 0.589. The third-order valence-electron chi connectivity index (χ3n) is 3.35. The predicted octanol–water partition coefficient (Wildman–Crippen LogP) is 4.89. The van der Waals surface area contributed by atoms with Gasteiger partial charge in [0.1, 0.15) is 5.60 Å². The number of hydrogen-bond donors (Lipinski definition) is 1. The van der Waals surface area contributed by atoms with Crippen molar-refractivity contribution >= 4 is 17.9 Å². The maximum absolute atomic E-state index is 12.1. The van der Waals surface area contributed by atoms with Gasteiger partial charge in [0.05, 0.1) is 19.3 Å². The van der Waals surface area contributed by atoms with Crippen molar-refractivity contribution < 1.29 is 14.3 Å². The zero-order valence-corrected chi connectivity index (χ0v) is 16.4. The molecule has 0 bridgehead atoms. The Kier molecular flexibility index (Phi) is 8.01. The highest BCUT2D eigenvalue weighted by atomic mass is 32.2. The molecule has 2 aromatic carbocycles. The molecular weight excluding hydrogens is 346 g/mol. The van der Waals surface area contributed by atoms with Crippen molar-refractivity contribution in [3.05, 3.63) is 66.2 Å². The summed E-state index contributed by atoms with van der Waals surface area (Å²) in [6.45, 7) is 6.50. The fourth-order valence-electron chi connectivity index (χ4n) is 2.21. The molecule has 0 spiro atoms. The lowest BCUT2D eigenvalue weighted by Gasteiger charge is -2.23. The van der Waals surface area contributed by atoms with Crippen LogP contribution in [0.15, 0.2) is 65.6 Å². The third-order valence-corrected chi connectivity index (χ3v) is 4.52. The second kappa shape index (κ2) is 10.2. The molecule has 0 aliphatic heterocycles. The molecule has 0 fully saturated rings. The minimum atomic E-state index is -0.522. The Bertz CT molecular complexity index is 656. The van der Waals surface area contributed by atoms with Gasteiger partial charge in [-0.05, 0) is 38.5 Å². The summed E-state index contributed by atoms with van der Waals surface area (Å²) in [4.78, 5) is 13.3. The summed E-state index contributed by atoms with van der Waals surface area (Å²) in [6, 6.07) is 20.0. The Morgan fingerprint density at radius 3 is 2.27 bits per heavy atom. The van der Waals surface area contributed by atoms with E-state index in [4.69, 9.17) is 9.47 Å². The van der Waals surface area contributed by atoms with Crippen LogP contribution in [0, 0.1) is 0 Å². The molecular formula is C21H27NO3S. The van der Waals surface area contributed by atoms with Crippen molar-refractivity contribution in [2.75, 3.05) is 12.4 Å². The molecule has 2 aromatic rings. The molecule has 0 saturated carbocycles. The van der Waals surface area contributed by atoms with Gasteiger partial charge in [-0.15, -0.1) is 11.8 Å². The topological polar surface area (TPSA) is 47.6 Å². The molecule has 0 aromatic heterocycles. The van der Waals surface area contributed by atoms with Gasteiger partial charge in [-0.2, -0.15) is 0 Å². The van der Waals surface area contributed by atoms with Crippen LogP contribution in [0.1, 0.15) is 26.3 Å². The zero-order valence-electron chi connectivity index (χ0n) is 15.6. The lowest BCUT2D eigenvalue weighted by atomic mass is 10.2. The van der Waals surface area contributed by atoms with Crippen molar-refractivity contribution in [1.29, 1.82) is 0 Å². The number of carbonyl (C=O) groups is 1. The molecule has 0 radical (unpaired) electrons. The molecule has 1 unspecified atom stereocenters. The van der Waals surface area contributed by atoms with Gasteiger partial charge in [0, 0.05) is 10.6 Å². The van der Waals surface area contributed by atoms with E-state index < -0.39 is 11.7 Å². The van der Waals surface area contributed by atoms with Crippen molar-refractivity contribution in [1.82, 2.24) is 5.32 Å². The van der Waals surface area contributed by atoms with Gasteiger partial charge in [0.15, 0.2) is 0 Å². The fraction of sp³-hybridized carbons (Fsp3) is 0.381. The van der Waals surface area contributed by atoms with E-state index in [1.54, 1.807) is 11.8 Å². The molecule has 0 aliphatic rings. The molecule has 4 nitrogen and oxygen atoms in total. The fourth-order valence-corrected chi connectivity index (χ4v) is 3.14. The van der Waals surface area contributed by atoms with Crippen LogP contribution in [-0.4, -0.2) is 30.1 Å². The first-order valence-corrected chi connectivity index (χ1v) is 9.70. The maximum atomic E-state index is 12.1. The van der Waals surface area contributed by atoms with Crippen molar-refractivity contribution in [3.63, 3.8) is 0 Å². The molecule has 0 saturated heterocycles. The van der Waals surface area contributed by atoms with E-state index in [2.05, 4.69) is 17.4 Å². The van der Waals surface area contributed by atoms with E-state index in [1.165, 1.54) is 0 Å². The van der Waals surface area contributed by atoms with Crippen LogP contribution in [-0.2, 0) is 16.1 Å². The summed E-state index contributed by atoms with van der Waals surface area (Å²) < 4.78 is 11.2. The number of hydrogen-bond acceptors (Lipinski definition) is 4. The van der Waals surface area contributed by atoms with Gasteiger partial charge >= 0.3 is 6.09 Å².